The van der Waals surface area contributed by atoms with Gasteiger partial charge in [0.25, 0.3) is 0 Å². The molecule has 0 aliphatic carbocycles. The maximum absolute atomic E-state index is 11.2. The number of benzene rings is 1. The predicted octanol–water partition coefficient (Wildman–Crippen LogP) is -0.273. The first-order chi connectivity index (χ1) is 7.59. The van der Waals surface area contributed by atoms with E-state index in [0.717, 1.165) is 10.5 Å². The van der Waals surface area contributed by atoms with Gasteiger partial charge in [0.05, 0.1) is 0 Å². The van der Waals surface area contributed by atoms with E-state index in [1.165, 1.54) is 0 Å². The molecule has 4 heteroatoms. The van der Waals surface area contributed by atoms with E-state index < -0.39 is 0 Å². The topological polar surface area (TPSA) is 29.1 Å². The monoisotopic (exact) mass is 272 g/mol. The fraction of sp³-hybridized carbons (Fsp3) is 0.231. The van der Waals surface area contributed by atoms with Crippen LogP contribution < -0.4 is 56.7 Å². The molecule has 1 N–H and O–H groups in total. The zero-order valence-corrected chi connectivity index (χ0v) is 14.4. The second kappa shape index (κ2) is 9.25. The largest absolute Gasteiger partial charge is 1.00 e. The fourth-order valence-corrected chi connectivity index (χ4v) is 1.23. The molecule has 0 aliphatic rings. The molecule has 0 saturated carbocycles. The molecule has 86 valence electrons. The van der Waals surface area contributed by atoms with Crippen molar-refractivity contribution < 1.29 is 56.2 Å². The van der Waals surface area contributed by atoms with E-state index in [2.05, 4.69) is 24.0 Å². The molecule has 0 fully saturated rings. The average molecular weight is 272 g/mol. The number of thiol groups is 1. The van der Waals surface area contributed by atoms with E-state index in [1.807, 2.05) is 38.1 Å². The van der Waals surface area contributed by atoms with Crippen molar-refractivity contribution in [3.05, 3.63) is 42.4 Å². The summed E-state index contributed by atoms with van der Waals surface area (Å²) in [6.07, 6.45) is 3.64. The Kier molecular flexibility index (Phi) is 9.40. The molecular weight excluding hydrogens is 257 g/mol. The molecule has 0 aromatic heterocycles. The van der Waals surface area contributed by atoms with E-state index in [0.29, 0.717) is 0 Å². The molecule has 0 aliphatic heterocycles. The van der Waals surface area contributed by atoms with Crippen molar-refractivity contribution in [3.63, 3.8) is 0 Å². The number of hydrogen-bond acceptors (Lipinski definition) is 2. The molecule has 17 heavy (non-hydrogen) atoms. The van der Waals surface area contributed by atoms with Crippen LogP contribution in [0.15, 0.2) is 29.2 Å². The maximum Gasteiger partial charge on any atom is 1.00 e. The minimum atomic E-state index is -0.00279. The van der Waals surface area contributed by atoms with Crippen molar-refractivity contribution in [2.24, 2.45) is 5.92 Å². The second-order valence-electron chi connectivity index (χ2n) is 3.69. The summed E-state index contributed by atoms with van der Waals surface area (Å²) in [5.74, 6) is 0.00792. The summed E-state index contributed by atoms with van der Waals surface area (Å²) in [7, 11) is 0. The van der Waals surface area contributed by atoms with Gasteiger partial charge in [0.1, 0.15) is 0 Å². The van der Waals surface area contributed by atoms with Gasteiger partial charge in [-0.15, -0.1) is 30.8 Å². The molecule has 1 rings (SSSR count). The number of hydrogen-bond donors (Lipinski definition) is 2. The van der Waals surface area contributed by atoms with Gasteiger partial charge < -0.3 is 5.32 Å². The summed E-state index contributed by atoms with van der Waals surface area (Å²) >= 11 is 4.22. The van der Waals surface area contributed by atoms with Crippen LogP contribution in [0.5, 0.6) is 0 Å². The molecule has 0 atom stereocenters. The maximum atomic E-state index is 11.2. The van der Waals surface area contributed by atoms with Crippen LogP contribution in [0.4, 0.5) is 0 Å². The number of amides is 1. The Morgan fingerprint density at radius 1 is 1.59 bits per heavy atom. The van der Waals surface area contributed by atoms with Crippen molar-refractivity contribution >= 4 is 24.6 Å². The van der Waals surface area contributed by atoms with Gasteiger partial charge in [-0.1, -0.05) is 18.7 Å². The van der Waals surface area contributed by atoms with E-state index in [9.17, 15) is 4.79 Å². The first-order valence-electron chi connectivity index (χ1n) is 5.10. The van der Waals surface area contributed by atoms with E-state index in [4.69, 9.17) is 0 Å². The third-order valence-corrected chi connectivity index (χ3v) is 2.21. The zero-order valence-electron chi connectivity index (χ0n) is 10.4. The summed E-state index contributed by atoms with van der Waals surface area (Å²) in [5.41, 5.74) is 0.933. The third-order valence-electron chi connectivity index (χ3n) is 1.93. The summed E-state index contributed by atoms with van der Waals surface area (Å²) < 4.78 is 0. The number of nitrogens with one attached hydrogen (secondary N) is 1. The normalized spacial score (nSPS) is 10.1. The van der Waals surface area contributed by atoms with Crippen molar-refractivity contribution in [3.8, 4) is 0 Å². The van der Waals surface area contributed by atoms with Crippen LogP contribution in [0.2, 0.25) is 0 Å². The molecule has 0 radical (unpaired) electrons. The second-order valence-corrected chi connectivity index (χ2v) is 4.21. The van der Waals surface area contributed by atoms with E-state index in [1.54, 1.807) is 12.6 Å². The van der Waals surface area contributed by atoms with Crippen LogP contribution in [0, 0.1) is 18.5 Å². The minimum Gasteiger partial charge on any atom is -0.410 e. The van der Waals surface area contributed by atoms with Crippen LogP contribution in [0.1, 0.15) is 19.4 Å². The molecule has 1 aromatic carbocycles. The number of rotatable bonds is 4. The van der Waals surface area contributed by atoms with Gasteiger partial charge in [-0.2, -0.15) is 30.3 Å². The third kappa shape index (κ3) is 7.34. The minimum absolute atomic E-state index is 0. The molecule has 1 aromatic rings. The van der Waals surface area contributed by atoms with Crippen LogP contribution in [-0.2, 0) is 4.79 Å². The molecule has 0 heterocycles. The quantitative estimate of drug-likeness (QED) is 0.441. The number of carbonyl (C=O) groups excluding carboxylic acids is 1. The molecule has 0 bridgehead atoms. The van der Waals surface area contributed by atoms with E-state index in [-0.39, 0.29) is 63.2 Å². The summed E-state index contributed by atoms with van der Waals surface area (Å²) in [5, 5.41) is 2.68. The first-order valence-corrected chi connectivity index (χ1v) is 5.55. The molecule has 0 unspecified atom stereocenters. The molecular formula is C13H15KNOS-. The Labute approximate surface area is 151 Å². The van der Waals surface area contributed by atoms with Gasteiger partial charge in [0.15, 0.2) is 0 Å². The smallest absolute Gasteiger partial charge is 0.410 e. The Bertz CT molecular complexity index is 391. The van der Waals surface area contributed by atoms with Crippen LogP contribution in [0.3, 0.4) is 0 Å². The Balaban J connectivity index is 0.00000256. The predicted molar refractivity (Wildman–Crippen MR) is 68.8 cm³/mol. The van der Waals surface area contributed by atoms with Gasteiger partial charge >= 0.3 is 51.4 Å². The summed E-state index contributed by atoms with van der Waals surface area (Å²) in [4.78, 5) is 12.1. The van der Waals surface area contributed by atoms with Gasteiger partial charge in [-0.25, -0.2) is 0 Å². The Morgan fingerprint density at radius 2 is 2.29 bits per heavy atom. The van der Waals surface area contributed by atoms with Gasteiger partial charge in [-0.3, -0.25) is 4.79 Å². The van der Waals surface area contributed by atoms with Gasteiger partial charge in [0.2, 0.25) is 5.91 Å². The SMILES string of the molecule is CC(C)C(=O)N[CH-]/C=C\c1[c-]ccc(S)c1.[K+]. The van der Waals surface area contributed by atoms with Gasteiger partial charge in [-0.05, 0) is 0 Å². The van der Waals surface area contributed by atoms with Crippen LogP contribution in [-0.4, -0.2) is 5.91 Å². The first kappa shape index (κ1) is 17.3. The zero-order chi connectivity index (χ0) is 12.0. The summed E-state index contributed by atoms with van der Waals surface area (Å²) in [6.45, 7) is 5.33. The average Bonchev–Trinajstić information content (AvgIpc) is 2.24. The molecule has 0 saturated heterocycles. The van der Waals surface area contributed by atoms with Crippen LogP contribution in [0.25, 0.3) is 6.08 Å². The molecule has 1 amide bonds. The Morgan fingerprint density at radius 3 is 2.88 bits per heavy atom. The van der Waals surface area contributed by atoms with E-state index >= 15 is 0 Å². The van der Waals surface area contributed by atoms with Gasteiger partial charge in [0, 0.05) is 5.92 Å². The fourth-order valence-electron chi connectivity index (χ4n) is 1.02. The standard InChI is InChI=1S/C13H15NOS.K/c1-10(2)13(15)14-8-4-6-11-5-3-7-12(16)9-11;/h3-4,6-10,16H,1-2H3,(H,14,15);/q-2;+1/b6-4-;. The van der Waals surface area contributed by atoms with Crippen molar-refractivity contribution in [2.45, 2.75) is 18.7 Å². The number of carbonyl (C=O) groups is 1. The van der Waals surface area contributed by atoms with Crippen molar-refractivity contribution in [2.75, 3.05) is 0 Å². The molecule has 0 spiro atoms. The molecule has 2 nitrogen and oxygen atoms in total. The summed E-state index contributed by atoms with van der Waals surface area (Å²) in [6, 6.07) is 8.63. The Hall–Kier alpha value is 0.286. The van der Waals surface area contributed by atoms with Crippen LogP contribution >= 0.6 is 12.6 Å². The van der Waals surface area contributed by atoms with Crippen molar-refractivity contribution in [1.29, 1.82) is 0 Å². The van der Waals surface area contributed by atoms with Crippen molar-refractivity contribution in [1.82, 2.24) is 5.32 Å².